The molecule has 0 saturated carbocycles. The molecule has 1 N–H and O–H groups in total. The van der Waals surface area contributed by atoms with Crippen molar-refractivity contribution in [3.8, 4) is 0 Å². The normalized spacial score (nSPS) is 14.2. The molecule has 1 heterocycles. The van der Waals surface area contributed by atoms with E-state index >= 15 is 0 Å². The summed E-state index contributed by atoms with van der Waals surface area (Å²) in [6.07, 6.45) is 2.56. The zero-order chi connectivity index (χ0) is 13.1. The Kier molecular flexibility index (Phi) is 4.62. The first-order chi connectivity index (χ1) is 8.59. The van der Waals surface area contributed by atoms with Crippen LogP contribution in [0.25, 0.3) is 0 Å². The Hall–Kier alpha value is -0.610. The van der Waals surface area contributed by atoms with Gasteiger partial charge in [0.1, 0.15) is 0 Å². The molecule has 0 aliphatic carbocycles. The largest absolute Gasteiger partial charge is 0.387 e. The summed E-state index contributed by atoms with van der Waals surface area (Å²) in [5.41, 5.74) is 1.52. The van der Waals surface area contributed by atoms with E-state index in [1.807, 2.05) is 6.07 Å². The summed E-state index contributed by atoms with van der Waals surface area (Å²) >= 11 is 15.4. The van der Waals surface area contributed by atoms with Gasteiger partial charge in [0, 0.05) is 28.0 Å². The summed E-state index contributed by atoms with van der Waals surface area (Å²) in [7, 11) is 0. The monoisotopic (exact) mass is 345 g/mol. The van der Waals surface area contributed by atoms with Crippen molar-refractivity contribution in [1.29, 1.82) is 0 Å². The topological polar surface area (TPSA) is 33.1 Å². The van der Waals surface area contributed by atoms with Crippen LogP contribution < -0.4 is 0 Å². The Morgan fingerprint density at radius 3 is 2.61 bits per heavy atom. The number of benzene rings is 1. The zero-order valence-corrected chi connectivity index (χ0v) is 12.3. The lowest BCUT2D eigenvalue weighted by Gasteiger charge is -2.19. The SMILES string of the molecule is OC(c1cccnc1)C(Br)c1ccc(Cl)cc1Cl. The molecule has 0 saturated heterocycles. The third kappa shape index (κ3) is 3.04. The minimum Gasteiger partial charge on any atom is -0.387 e. The number of nitrogens with zero attached hydrogens (tertiary/aromatic N) is 1. The Morgan fingerprint density at radius 1 is 1.22 bits per heavy atom. The molecule has 0 spiro atoms. The van der Waals surface area contributed by atoms with Gasteiger partial charge in [-0.05, 0) is 23.8 Å². The molecule has 2 rings (SSSR count). The number of halogens is 3. The summed E-state index contributed by atoms with van der Waals surface area (Å²) in [6, 6.07) is 8.79. The number of rotatable bonds is 3. The highest BCUT2D eigenvalue weighted by molar-refractivity contribution is 9.09. The Labute approximate surface area is 124 Å². The van der Waals surface area contributed by atoms with Gasteiger partial charge >= 0.3 is 0 Å². The van der Waals surface area contributed by atoms with Crippen LogP contribution in [0.5, 0.6) is 0 Å². The van der Waals surface area contributed by atoms with Crippen LogP contribution in [-0.4, -0.2) is 10.1 Å². The number of aliphatic hydroxyl groups is 1. The summed E-state index contributed by atoms with van der Waals surface area (Å²) in [6.45, 7) is 0. The van der Waals surface area contributed by atoms with Gasteiger partial charge in [0.25, 0.3) is 0 Å². The molecule has 2 unspecified atom stereocenters. The molecule has 18 heavy (non-hydrogen) atoms. The highest BCUT2D eigenvalue weighted by Crippen LogP contribution is 2.39. The number of alkyl halides is 1. The van der Waals surface area contributed by atoms with Crippen molar-refractivity contribution in [2.45, 2.75) is 10.9 Å². The highest BCUT2D eigenvalue weighted by Gasteiger charge is 2.22. The van der Waals surface area contributed by atoms with E-state index in [-0.39, 0.29) is 4.83 Å². The molecule has 0 bridgehead atoms. The smallest absolute Gasteiger partial charge is 0.0971 e. The van der Waals surface area contributed by atoms with Gasteiger partial charge in [-0.15, -0.1) is 0 Å². The first-order valence-electron chi connectivity index (χ1n) is 5.26. The molecule has 0 fully saturated rings. The van der Waals surface area contributed by atoms with Crippen molar-refractivity contribution in [3.05, 3.63) is 63.9 Å². The third-order valence-electron chi connectivity index (χ3n) is 2.56. The van der Waals surface area contributed by atoms with E-state index in [4.69, 9.17) is 23.2 Å². The van der Waals surface area contributed by atoms with Gasteiger partial charge in [-0.3, -0.25) is 4.98 Å². The molecule has 5 heteroatoms. The Balaban J connectivity index is 2.28. The molecular weight excluding hydrogens is 337 g/mol. The van der Waals surface area contributed by atoms with Crippen LogP contribution >= 0.6 is 39.1 Å². The van der Waals surface area contributed by atoms with E-state index in [0.29, 0.717) is 10.0 Å². The number of aromatic nitrogens is 1. The molecule has 0 aliphatic heterocycles. The van der Waals surface area contributed by atoms with Crippen molar-refractivity contribution < 1.29 is 5.11 Å². The predicted octanol–water partition coefficient (Wildman–Crippen LogP) is 4.56. The van der Waals surface area contributed by atoms with Gasteiger partial charge < -0.3 is 5.11 Å². The van der Waals surface area contributed by atoms with Crippen LogP contribution in [-0.2, 0) is 0 Å². The number of hydrogen-bond acceptors (Lipinski definition) is 2. The first-order valence-corrected chi connectivity index (χ1v) is 6.94. The molecule has 2 nitrogen and oxygen atoms in total. The zero-order valence-electron chi connectivity index (χ0n) is 9.22. The minimum absolute atomic E-state index is 0.313. The number of aliphatic hydroxyl groups excluding tert-OH is 1. The standard InChI is InChI=1S/C13H10BrCl2NO/c14-12(10-4-3-9(15)6-11(10)16)13(18)8-2-1-5-17-7-8/h1-7,12-13,18H. The molecular formula is C13H10BrCl2NO. The van der Waals surface area contributed by atoms with E-state index in [1.54, 1.807) is 36.7 Å². The summed E-state index contributed by atoms with van der Waals surface area (Å²) in [4.78, 5) is 3.67. The summed E-state index contributed by atoms with van der Waals surface area (Å²) in [5, 5.41) is 11.3. The minimum atomic E-state index is -0.725. The van der Waals surface area contributed by atoms with E-state index in [0.717, 1.165) is 11.1 Å². The molecule has 2 aromatic rings. The fraction of sp³-hybridized carbons (Fsp3) is 0.154. The van der Waals surface area contributed by atoms with Gasteiger partial charge in [0.2, 0.25) is 0 Å². The predicted molar refractivity (Wildman–Crippen MR) is 77.3 cm³/mol. The van der Waals surface area contributed by atoms with Crippen LogP contribution in [0.4, 0.5) is 0 Å². The van der Waals surface area contributed by atoms with Crippen molar-refractivity contribution >= 4 is 39.1 Å². The second kappa shape index (κ2) is 6.02. The maximum atomic E-state index is 10.3. The van der Waals surface area contributed by atoms with Gasteiger partial charge in [-0.25, -0.2) is 0 Å². The average molecular weight is 347 g/mol. The van der Waals surface area contributed by atoms with Crippen LogP contribution in [0.15, 0.2) is 42.7 Å². The van der Waals surface area contributed by atoms with E-state index in [2.05, 4.69) is 20.9 Å². The van der Waals surface area contributed by atoms with Crippen LogP contribution in [0, 0.1) is 0 Å². The van der Waals surface area contributed by atoms with E-state index in [1.165, 1.54) is 0 Å². The van der Waals surface area contributed by atoms with Crippen molar-refractivity contribution in [1.82, 2.24) is 4.98 Å². The second-order valence-corrected chi connectivity index (χ2v) is 5.63. The number of pyridine rings is 1. The second-order valence-electron chi connectivity index (χ2n) is 3.80. The van der Waals surface area contributed by atoms with E-state index < -0.39 is 6.10 Å². The van der Waals surface area contributed by atoms with Crippen molar-refractivity contribution in [2.24, 2.45) is 0 Å². The summed E-state index contributed by atoms with van der Waals surface area (Å²) < 4.78 is 0. The maximum absolute atomic E-state index is 10.3. The quantitative estimate of drug-likeness (QED) is 0.826. The lowest BCUT2D eigenvalue weighted by atomic mass is 10.0. The van der Waals surface area contributed by atoms with Crippen molar-refractivity contribution in [2.75, 3.05) is 0 Å². The van der Waals surface area contributed by atoms with Gasteiger partial charge in [-0.1, -0.05) is 51.3 Å². The fourth-order valence-corrected chi connectivity index (χ4v) is 2.98. The Morgan fingerprint density at radius 2 is 2.00 bits per heavy atom. The molecule has 2 atom stereocenters. The molecule has 0 radical (unpaired) electrons. The van der Waals surface area contributed by atoms with Crippen molar-refractivity contribution in [3.63, 3.8) is 0 Å². The van der Waals surface area contributed by atoms with E-state index in [9.17, 15) is 5.11 Å². The van der Waals surface area contributed by atoms with Crippen LogP contribution in [0.1, 0.15) is 22.1 Å². The van der Waals surface area contributed by atoms with Gasteiger partial charge in [0.15, 0.2) is 0 Å². The van der Waals surface area contributed by atoms with Gasteiger partial charge in [-0.2, -0.15) is 0 Å². The lowest BCUT2D eigenvalue weighted by Crippen LogP contribution is -2.06. The van der Waals surface area contributed by atoms with Crippen LogP contribution in [0.2, 0.25) is 10.0 Å². The third-order valence-corrected chi connectivity index (χ3v) is 4.12. The lowest BCUT2D eigenvalue weighted by molar-refractivity contribution is 0.176. The van der Waals surface area contributed by atoms with Gasteiger partial charge in [0.05, 0.1) is 10.9 Å². The fourth-order valence-electron chi connectivity index (χ4n) is 1.62. The summed E-state index contributed by atoms with van der Waals surface area (Å²) in [5.74, 6) is 0. The maximum Gasteiger partial charge on any atom is 0.0971 e. The molecule has 0 amide bonds. The molecule has 1 aromatic heterocycles. The average Bonchev–Trinajstić information content (AvgIpc) is 2.38. The highest BCUT2D eigenvalue weighted by atomic mass is 79.9. The number of hydrogen-bond donors (Lipinski definition) is 1. The molecule has 94 valence electrons. The molecule has 1 aromatic carbocycles. The Bertz CT molecular complexity index is 536. The first kappa shape index (κ1) is 13.8. The molecule has 0 aliphatic rings. The van der Waals surface area contributed by atoms with Crippen LogP contribution in [0.3, 0.4) is 0 Å².